The Labute approximate surface area is 265 Å². The molecule has 13 heteroatoms. The molecule has 1 amide bonds. The number of likely N-dealkylation sites (tertiary alicyclic amines) is 2. The molecule has 2 aliphatic heterocycles. The van der Waals surface area contributed by atoms with E-state index in [1.165, 1.54) is 28.0 Å². The third-order valence-electron chi connectivity index (χ3n) is 7.81. The molecule has 2 aromatic rings. The van der Waals surface area contributed by atoms with Crippen LogP contribution in [0.3, 0.4) is 0 Å². The average molecular weight is 663 g/mol. The van der Waals surface area contributed by atoms with Crippen LogP contribution >= 0.6 is 25.1 Å². The van der Waals surface area contributed by atoms with Crippen molar-refractivity contribution in [1.82, 2.24) is 9.80 Å². The first-order valence-corrected chi connectivity index (χ1v) is 14.7. The number of esters is 1. The second kappa shape index (κ2) is 12.7. The smallest absolute Gasteiger partial charge is 0.416 e. The topological polar surface area (TPSA) is 59.1 Å². The standard InChI is InChI=1S/C31H34ClF5N2O4.H2S/c1-29(2,3)43-28(41)25-5-4-10-39(25)27(40)22-12-21(18-6-7-18)26(13-24(22)33)42-17-30(34)15-38(16-30)14-19-8-9-20(32)11-23(19)31(35,36)37;/h8-9,11-13,18,25H,4-7,10,14-17H2,1-3H3;1H2/t25-;/m0./s1. The summed E-state index contributed by atoms with van der Waals surface area (Å²) in [5.74, 6) is -1.83. The minimum absolute atomic E-state index is 0. The summed E-state index contributed by atoms with van der Waals surface area (Å²) >= 11 is 5.75. The Morgan fingerprint density at radius 3 is 2.36 bits per heavy atom. The van der Waals surface area contributed by atoms with Gasteiger partial charge in [0.1, 0.15) is 29.8 Å². The van der Waals surface area contributed by atoms with Gasteiger partial charge in [0.2, 0.25) is 0 Å². The van der Waals surface area contributed by atoms with Crippen LogP contribution in [0.15, 0.2) is 30.3 Å². The van der Waals surface area contributed by atoms with Crippen LogP contribution in [-0.2, 0) is 22.3 Å². The van der Waals surface area contributed by atoms with Gasteiger partial charge in [0.15, 0.2) is 5.67 Å². The van der Waals surface area contributed by atoms with E-state index in [2.05, 4.69) is 0 Å². The summed E-state index contributed by atoms with van der Waals surface area (Å²) in [5, 5.41) is -0.0392. The van der Waals surface area contributed by atoms with Crippen LogP contribution in [0.5, 0.6) is 5.75 Å². The van der Waals surface area contributed by atoms with Crippen molar-refractivity contribution in [2.75, 3.05) is 26.2 Å². The van der Waals surface area contributed by atoms with E-state index in [0.717, 1.165) is 25.0 Å². The van der Waals surface area contributed by atoms with Crippen molar-refractivity contribution >= 4 is 37.0 Å². The van der Waals surface area contributed by atoms with Crippen molar-refractivity contribution in [3.63, 3.8) is 0 Å². The van der Waals surface area contributed by atoms with Gasteiger partial charge in [-0.25, -0.2) is 13.6 Å². The Bertz CT molecular complexity index is 1410. The number of rotatable bonds is 8. The van der Waals surface area contributed by atoms with Gasteiger partial charge >= 0.3 is 12.1 Å². The van der Waals surface area contributed by atoms with E-state index in [0.29, 0.717) is 24.9 Å². The Morgan fingerprint density at radius 2 is 1.75 bits per heavy atom. The highest BCUT2D eigenvalue weighted by atomic mass is 35.5. The van der Waals surface area contributed by atoms with E-state index < -0.39 is 53.4 Å². The van der Waals surface area contributed by atoms with E-state index in [-0.39, 0.29) is 60.9 Å². The van der Waals surface area contributed by atoms with Gasteiger partial charge in [0.05, 0.1) is 11.1 Å². The molecule has 242 valence electrons. The van der Waals surface area contributed by atoms with E-state index >= 15 is 8.78 Å². The maximum absolute atomic E-state index is 15.4. The largest absolute Gasteiger partial charge is 0.490 e. The van der Waals surface area contributed by atoms with Crippen molar-refractivity contribution in [3.8, 4) is 5.75 Å². The molecular weight excluding hydrogens is 627 g/mol. The van der Waals surface area contributed by atoms with Crippen LogP contribution in [0.2, 0.25) is 5.02 Å². The minimum atomic E-state index is -4.59. The van der Waals surface area contributed by atoms with E-state index in [4.69, 9.17) is 21.1 Å². The number of carbonyl (C=O) groups is 2. The molecule has 5 rings (SSSR count). The highest BCUT2D eigenvalue weighted by molar-refractivity contribution is 7.59. The predicted molar refractivity (Wildman–Crippen MR) is 160 cm³/mol. The highest BCUT2D eigenvalue weighted by Gasteiger charge is 2.46. The normalized spacial score (nSPS) is 20.1. The monoisotopic (exact) mass is 662 g/mol. The van der Waals surface area contributed by atoms with E-state index in [9.17, 15) is 22.8 Å². The molecular formula is C31H36ClF5N2O4S. The molecule has 44 heavy (non-hydrogen) atoms. The number of benzene rings is 2. The quantitative estimate of drug-likeness (QED) is 0.224. The summed E-state index contributed by atoms with van der Waals surface area (Å²) < 4.78 is 82.3. The summed E-state index contributed by atoms with van der Waals surface area (Å²) in [6.07, 6.45) is -1.99. The van der Waals surface area contributed by atoms with Crippen LogP contribution in [0.1, 0.15) is 79.4 Å². The molecule has 6 nitrogen and oxygen atoms in total. The molecule has 3 fully saturated rings. The van der Waals surface area contributed by atoms with Crippen molar-refractivity contribution in [3.05, 3.63) is 63.4 Å². The molecule has 0 bridgehead atoms. The lowest BCUT2D eigenvalue weighted by Crippen LogP contribution is -2.61. The molecule has 3 aliphatic rings. The summed E-state index contributed by atoms with van der Waals surface area (Å²) in [6, 6.07) is 5.22. The zero-order valence-electron chi connectivity index (χ0n) is 24.7. The van der Waals surface area contributed by atoms with Gasteiger partial charge in [-0.3, -0.25) is 9.69 Å². The third-order valence-corrected chi connectivity index (χ3v) is 8.05. The van der Waals surface area contributed by atoms with Gasteiger partial charge in [0, 0.05) is 37.3 Å². The zero-order chi connectivity index (χ0) is 31.3. The first kappa shape index (κ1) is 34.3. The molecule has 1 saturated carbocycles. The highest BCUT2D eigenvalue weighted by Crippen LogP contribution is 2.46. The van der Waals surface area contributed by atoms with Gasteiger partial charge < -0.3 is 14.4 Å². The van der Waals surface area contributed by atoms with Gasteiger partial charge in [-0.15, -0.1) is 0 Å². The summed E-state index contributed by atoms with van der Waals surface area (Å²) in [7, 11) is 0. The number of nitrogens with zero attached hydrogens (tertiary/aromatic N) is 2. The number of ether oxygens (including phenoxy) is 2. The maximum Gasteiger partial charge on any atom is 0.416 e. The van der Waals surface area contributed by atoms with Gasteiger partial charge in [-0.1, -0.05) is 17.7 Å². The van der Waals surface area contributed by atoms with Gasteiger partial charge in [0.25, 0.3) is 5.91 Å². The molecule has 1 aliphatic carbocycles. The maximum atomic E-state index is 15.4. The average Bonchev–Trinajstić information content (AvgIpc) is 3.60. The minimum Gasteiger partial charge on any atom is -0.490 e. The number of halogens is 6. The lowest BCUT2D eigenvalue weighted by molar-refractivity contribution is -0.159. The molecule has 2 saturated heterocycles. The van der Waals surface area contributed by atoms with Crippen molar-refractivity contribution in [1.29, 1.82) is 0 Å². The van der Waals surface area contributed by atoms with E-state index in [1.54, 1.807) is 20.8 Å². The van der Waals surface area contributed by atoms with Crippen molar-refractivity contribution in [2.45, 2.75) is 82.4 Å². The molecule has 0 aromatic heterocycles. The van der Waals surface area contributed by atoms with Crippen molar-refractivity contribution in [2.24, 2.45) is 0 Å². The Balaban J connectivity index is 0.00000442. The van der Waals surface area contributed by atoms with Crippen LogP contribution in [0.4, 0.5) is 22.0 Å². The number of hydrogen-bond donors (Lipinski definition) is 0. The SMILES string of the molecule is CC(C)(C)OC(=O)[C@@H]1CCCN1C(=O)c1cc(C2CC2)c(OCC2(F)CN(Cc3ccc(Cl)cc3C(F)(F)F)C2)cc1F.S. The third kappa shape index (κ3) is 7.80. The second-order valence-electron chi connectivity index (χ2n) is 12.7. The lowest BCUT2D eigenvalue weighted by Gasteiger charge is -2.44. The molecule has 2 heterocycles. The number of hydrogen-bond acceptors (Lipinski definition) is 5. The van der Waals surface area contributed by atoms with Gasteiger partial charge in [-0.2, -0.15) is 26.7 Å². The second-order valence-corrected chi connectivity index (χ2v) is 13.2. The first-order valence-electron chi connectivity index (χ1n) is 14.3. The van der Waals surface area contributed by atoms with Crippen molar-refractivity contribution < 1.29 is 41.0 Å². The molecule has 0 N–H and O–H groups in total. The fourth-order valence-electron chi connectivity index (χ4n) is 5.71. The fourth-order valence-corrected chi connectivity index (χ4v) is 5.88. The molecule has 1 atom stereocenters. The molecule has 0 unspecified atom stereocenters. The van der Waals surface area contributed by atoms with Crippen LogP contribution in [0.25, 0.3) is 0 Å². The summed E-state index contributed by atoms with van der Waals surface area (Å²) in [5.41, 5.74) is -3.03. The first-order chi connectivity index (χ1) is 20.0. The number of carbonyl (C=O) groups excluding carboxylic acids is 2. The molecule has 0 spiro atoms. The molecule has 2 aromatic carbocycles. The number of amides is 1. The Hall–Kier alpha value is -2.57. The van der Waals surface area contributed by atoms with E-state index in [1.807, 2.05) is 0 Å². The lowest BCUT2D eigenvalue weighted by atomic mass is 9.95. The van der Waals surface area contributed by atoms with Crippen LogP contribution < -0.4 is 4.74 Å². The van der Waals surface area contributed by atoms with Crippen LogP contribution in [0, 0.1) is 5.82 Å². The Morgan fingerprint density at radius 1 is 1.07 bits per heavy atom. The Kier molecular flexibility index (Phi) is 9.88. The predicted octanol–water partition coefficient (Wildman–Crippen LogP) is 7.04. The number of alkyl halides is 4. The summed E-state index contributed by atoms with van der Waals surface area (Å²) in [6.45, 7) is 4.64. The van der Waals surface area contributed by atoms with Crippen LogP contribution in [-0.4, -0.2) is 65.2 Å². The molecule has 0 radical (unpaired) electrons. The zero-order valence-corrected chi connectivity index (χ0v) is 26.5. The van der Waals surface area contributed by atoms with Gasteiger partial charge in [-0.05, 0) is 81.7 Å². The summed E-state index contributed by atoms with van der Waals surface area (Å²) in [4.78, 5) is 29.0. The fraction of sp³-hybridized carbons (Fsp3) is 0.548.